The summed E-state index contributed by atoms with van der Waals surface area (Å²) in [6.07, 6.45) is -3.63. The van der Waals surface area contributed by atoms with Crippen LogP contribution in [0, 0.1) is 0 Å². The molecule has 0 saturated carbocycles. The molecule has 0 amide bonds. The molecule has 0 aromatic carbocycles. The van der Waals surface area contributed by atoms with Crippen molar-refractivity contribution >= 4 is 0 Å². The Hall–Kier alpha value is -0.200. The first-order valence-corrected chi connectivity index (χ1v) is 4.19. The van der Waals surface area contributed by atoms with Crippen molar-refractivity contribution in [3.8, 4) is 0 Å². The highest BCUT2D eigenvalue weighted by Gasteiger charge is 2.42. The van der Waals surface area contributed by atoms with Gasteiger partial charge in [-0.2, -0.15) is 0 Å². The zero-order valence-corrected chi connectivity index (χ0v) is 8.01. The summed E-state index contributed by atoms with van der Waals surface area (Å²) < 4.78 is 15.1. The van der Waals surface area contributed by atoms with Crippen molar-refractivity contribution in [3.63, 3.8) is 0 Å². The predicted octanol–water partition coefficient (Wildman–Crippen LogP) is -0.886. The topological polar surface area (TPSA) is 68.2 Å². The lowest BCUT2D eigenvalue weighted by Gasteiger charge is -2.39. The van der Waals surface area contributed by atoms with Crippen molar-refractivity contribution in [2.45, 2.75) is 37.6 Å². The maximum atomic E-state index is 9.57. The second kappa shape index (κ2) is 4.34. The molecule has 0 aromatic rings. The molecule has 1 rings (SSSR count). The second-order valence-corrected chi connectivity index (χ2v) is 3.13. The van der Waals surface area contributed by atoms with Gasteiger partial charge in [0.15, 0.2) is 6.29 Å². The highest BCUT2D eigenvalue weighted by Crippen LogP contribution is 2.22. The van der Waals surface area contributed by atoms with Crippen LogP contribution in [0.4, 0.5) is 0 Å². The summed E-state index contributed by atoms with van der Waals surface area (Å²) in [5.41, 5.74) is 0. The number of methoxy groups -OCH3 is 2. The molecule has 0 aromatic heterocycles. The largest absolute Gasteiger partial charge is 0.387 e. The molecular formula is C8H16O5. The summed E-state index contributed by atoms with van der Waals surface area (Å²) in [4.78, 5) is 0. The van der Waals surface area contributed by atoms with E-state index in [1.54, 1.807) is 6.92 Å². The minimum Gasteiger partial charge on any atom is -0.387 e. The van der Waals surface area contributed by atoms with E-state index in [0.717, 1.165) is 0 Å². The first kappa shape index (κ1) is 10.9. The van der Waals surface area contributed by atoms with Gasteiger partial charge >= 0.3 is 0 Å². The highest BCUT2D eigenvalue weighted by atomic mass is 16.7. The average molecular weight is 192 g/mol. The van der Waals surface area contributed by atoms with Crippen LogP contribution in [0.5, 0.6) is 0 Å². The van der Waals surface area contributed by atoms with Crippen LogP contribution in [0.25, 0.3) is 0 Å². The Balaban J connectivity index is 2.66. The van der Waals surface area contributed by atoms with Gasteiger partial charge in [-0.25, -0.2) is 0 Å². The number of aliphatic hydroxyl groups is 2. The SMILES string of the molecule is CO[C@@H]1O[C@@H](C)[C@@H](OC)[C@@H](O)[C@@H]1O. The zero-order chi connectivity index (χ0) is 10.0. The quantitative estimate of drug-likeness (QED) is 0.594. The summed E-state index contributed by atoms with van der Waals surface area (Å²) in [5, 5.41) is 19.1. The fourth-order valence-electron chi connectivity index (χ4n) is 1.53. The average Bonchev–Trinajstić information content (AvgIpc) is 2.12. The minimum atomic E-state index is -1.06. The fourth-order valence-corrected chi connectivity index (χ4v) is 1.53. The third kappa shape index (κ3) is 2.00. The van der Waals surface area contributed by atoms with Gasteiger partial charge in [0.25, 0.3) is 0 Å². The first-order valence-electron chi connectivity index (χ1n) is 4.19. The van der Waals surface area contributed by atoms with Crippen molar-refractivity contribution in [1.29, 1.82) is 0 Å². The third-order valence-electron chi connectivity index (χ3n) is 2.28. The molecule has 5 atom stereocenters. The van der Waals surface area contributed by atoms with Gasteiger partial charge < -0.3 is 24.4 Å². The Morgan fingerprint density at radius 2 is 1.69 bits per heavy atom. The van der Waals surface area contributed by atoms with Gasteiger partial charge in [-0.15, -0.1) is 0 Å². The lowest BCUT2D eigenvalue weighted by molar-refractivity contribution is -0.289. The maximum Gasteiger partial charge on any atom is 0.186 e. The molecule has 0 bridgehead atoms. The summed E-state index contributed by atoms with van der Waals surface area (Å²) in [6, 6.07) is 0. The Morgan fingerprint density at radius 1 is 1.08 bits per heavy atom. The smallest absolute Gasteiger partial charge is 0.186 e. The molecule has 0 unspecified atom stereocenters. The molecular weight excluding hydrogens is 176 g/mol. The molecule has 2 N–H and O–H groups in total. The number of rotatable bonds is 2. The summed E-state index contributed by atoms with van der Waals surface area (Å²) in [6.45, 7) is 1.76. The van der Waals surface area contributed by atoms with E-state index < -0.39 is 24.6 Å². The molecule has 0 aliphatic carbocycles. The molecule has 1 aliphatic rings. The van der Waals surface area contributed by atoms with Crippen molar-refractivity contribution in [1.82, 2.24) is 0 Å². The van der Waals surface area contributed by atoms with Crippen LogP contribution in [-0.2, 0) is 14.2 Å². The fraction of sp³-hybridized carbons (Fsp3) is 1.00. The van der Waals surface area contributed by atoms with Crippen LogP contribution in [0.2, 0.25) is 0 Å². The van der Waals surface area contributed by atoms with Crippen LogP contribution in [0.15, 0.2) is 0 Å². The molecule has 1 fully saturated rings. The summed E-state index contributed by atoms with van der Waals surface area (Å²) in [5.74, 6) is 0. The molecule has 5 nitrogen and oxygen atoms in total. The second-order valence-electron chi connectivity index (χ2n) is 3.13. The molecule has 5 heteroatoms. The van der Waals surface area contributed by atoms with Gasteiger partial charge in [0.1, 0.15) is 18.3 Å². The maximum absolute atomic E-state index is 9.57. The van der Waals surface area contributed by atoms with Crippen molar-refractivity contribution in [3.05, 3.63) is 0 Å². The summed E-state index contributed by atoms with van der Waals surface area (Å²) >= 11 is 0. The Morgan fingerprint density at radius 3 is 2.15 bits per heavy atom. The Bertz CT molecular complexity index is 163. The highest BCUT2D eigenvalue weighted by molar-refractivity contribution is 4.87. The van der Waals surface area contributed by atoms with Crippen LogP contribution in [0.1, 0.15) is 6.92 Å². The monoisotopic (exact) mass is 192 g/mol. The van der Waals surface area contributed by atoms with Crippen LogP contribution in [0.3, 0.4) is 0 Å². The predicted molar refractivity (Wildman–Crippen MR) is 44.2 cm³/mol. The lowest BCUT2D eigenvalue weighted by atomic mass is 10.00. The molecule has 0 spiro atoms. The molecule has 78 valence electrons. The normalized spacial score (nSPS) is 46.4. The van der Waals surface area contributed by atoms with Crippen molar-refractivity contribution in [2.24, 2.45) is 0 Å². The number of hydrogen-bond donors (Lipinski definition) is 2. The van der Waals surface area contributed by atoms with E-state index in [4.69, 9.17) is 14.2 Å². The Labute approximate surface area is 77.2 Å². The van der Waals surface area contributed by atoms with E-state index in [-0.39, 0.29) is 6.10 Å². The van der Waals surface area contributed by atoms with E-state index in [9.17, 15) is 10.2 Å². The molecule has 0 radical (unpaired) electrons. The van der Waals surface area contributed by atoms with Crippen LogP contribution < -0.4 is 0 Å². The van der Waals surface area contributed by atoms with Crippen molar-refractivity contribution in [2.75, 3.05) is 14.2 Å². The minimum absolute atomic E-state index is 0.298. The molecule has 1 saturated heterocycles. The van der Waals surface area contributed by atoms with Gasteiger partial charge in [-0.1, -0.05) is 0 Å². The molecule has 13 heavy (non-hydrogen) atoms. The van der Waals surface area contributed by atoms with Gasteiger partial charge in [-0.05, 0) is 6.92 Å². The van der Waals surface area contributed by atoms with Gasteiger partial charge in [0.2, 0.25) is 0 Å². The Kier molecular flexibility index (Phi) is 3.63. The number of hydrogen-bond acceptors (Lipinski definition) is 5. The van der Waals surface area contributed by atoms with Crippen LogP contribution >= 0.6 is 0 Å². The first-order chi connectivity index (χ1) is 6.11. The third-order valence-corrected chi connectivity index (χ3v) is 2.28. The van der Waals surface area contributed by atoms with Crippen molar-refractivity contribution < 1.29 is 24.4 Å². The zero-order valence-electron chi connectivity index (χ0n) is 8.01. The molecule has 1 heterocycles. The van der Waals surface area contributed by atoms with Crippen LogP contribution in [-0.4, -0.2) is 55.1 Å². The van der Waals surface area contributed by atoms with E-state index in [2.05, 4.69) is 0 Å². The van der Waals surface area contributed by atoms with E-state index in [0.29, 0.717) is 0 Å². The van der Waals surface area contributed by atoms with Gasteiger partial charge in [-0.3, -0.25) is 0 Å². The molecule has 1 aliphatic heterocycles. The van der Waals surface area contributed by atoms with E-state index >= 15 is 0 Å². The lowest BCUT2D eigenvalue weighted by Crippen LogP contribution is -2.57. The van der Waals surface area contributed by atoms with Gasteiger partial charge in [0.05, 0.1) is 6.10 Å². The van der Waals surface area contributed by atoms with E-state index in [1.165, 1.54) is 14.2 Å². The summed E-state index contributed by atoms with van der Waals surface area (Å²) in [7, 11) is 2.88. The standard InChI is InChI=1S/C8H16O5/c1-4-7(11-2)5(9)6(10)8(12-3)13-4/h4-10H,1-3H3/t4-,5-,6-,7+,8+/m0/s1. The number of ether oxygens (including phenoxy) is 3. The number of aliphatic hydroxyl groups excluding tert-OH is 2. The van der Waals surface area contributed by atoms with Gasteiger partial charge in [0, 0.05) is 14.2 Å². The van der Waals surface area contributed by atoms with E-state index in [1.807, 2.05) is 0 Å².